The molecule has 2 saturated heterocycles. The number of piperidine rings is 1. The van der Waals surface area contributed by atoms with Gasteiger partial charge < -0.3 is 19.9 Å². The number of nitrogens with zero attached hydrogens (tertiary/aromatic N) is 4. The van der Waals surface area contributed by atoms with Crippen LogP contribution in [-0.2, 0) is 16.1 Å². The highest BCUT2D eigenvalue weighted by Gasteiger charge is 2.24. The third-order valence-corrected chi connectivity index (χ3v) is 7.09. The van der Waals surface area contributed by atoms with Crippen LogP contribution in [-0.4, -0.2) is 67.1 Å². The molecular formula is C27H35N5O2S. The van der Waals surface area contributed by atoms with Gasteiger partial charge in [-0.2, -0.15) is 5.26 Å². The lowest BCUT2D eigenvalue weighted by Crippen LogP contribution is -2.35. The Labute approximate surface area is 213 Å². The summed E-state index contributed by atoms with van der Waals surface area (Å²) in [6, 6.07) is 9.65. The molecule has 2 fully saturated rings. The van der Waals surface area contributed by atoms with Crippen molar-refractivity contribution in [3.8, 4) is 6.07 Å². The van der Waals surface area contributed by atoms with Gasteiger partial charge in [-0.3, -0.25) is 9.79 Å². The van der Waals surface area contributed by atoms with Gasteiger partial charge >= 0.3 is 0 Å². The molecule has 1 atom stereocenters. The average molecular weight is 494 g/mol. The van der Waals surface area contributed by atoms with Crippen molar-refractivity contribution < 1.29 is 9.53 Å². The Hall–Kier alpha value is -3.18. The maximum absolute atomic E-state index is 13.0. The largest absolute Gasteiger partial charge is 0.496 e. The summed E-state index contributed by atoms with van der Waals surface area (Å²) < 4.78 is 5.40. The van der Waals surface area contributed by atoms with E-state index in [1.807, 2.05) is 48.0 Å². The van der Waals surface area contributed by atoms with E-state index < -0.39 is 0 Å². The summed E-state index contributed by atoms with van der Waals surface area (Å²) in [6.07, 6.45) is 6.24. The molecule has 0 radical (unpaired) electrons. The number of thioether (sulfide) groups is 1. The number of aliphatic imine (C=N–C) groups is 1. The number of ether oxygens (including phenoxy) is 1. The zero-order valence-corrected chi connectivity index (χ0v) is 21.4. The first kappa shape index (κ1) is 26.4. The second-order valence-corrected chi connectivity index (χ2v) is 9.69. The van der Waals surface area contributed by atoms with Gasteiger partial charge in [0.05, 0.1) is 37.2 Å². The van der Waals surface area contributed by atoms with Crippen LogP contribution in [0.3, 0.4) is 0 Å². The number of carbonyl (C=O) groups is 1. The zero-order valence-electron chi connectivity index (χ0n) is 20.5. The maximum Gasteiger partial charge on any atom is 0.250 e. The number of hydrogen-bond donors (Lipinski definition) is 1. The third kappa shape index (κ3) is 8.22. The van der Waals surface area contributed by atoms with Crippen molar-refractivity contribution in [2.75, 3.05) is 39.0 Å². The Bertz CT molecular complexity index is 1010. The lowest BCUT2D eigenvalue weighted by molar-refractivity contribution is -0.117. The van der Waals surface area contributed by atoms with E-state index in [0.717, 1.165) is 30.8 Å². The van der Waals surface area contributed by atoms with E-state index in [1.54, 1.807) is 0 Å². The summed E-state index contributed by atoms with van der Waals surface area (Å²) in [5, 5.41) is 14.2. The highest BCUT2D eigenvalue weighted by molar-refractivity contribution is 8.02. The number of benzene rings is 1. The standard InChI is InChI=1S/C27H35N5O2S/c1-21(31(3)17-24-10-6-5-9-23(24)15-28)18-35-19-25(16-29-20-32-12-7-4-8-13-32)27(33)30-26-11-14-34-22(26)2/h5-6,9-10,19-20,26H,1-2,4,7-8,11-14,16-18H2,3H3,(H,30,33)/b25-19+,29-20+/t26-/m0/s1. The minimum absolute atomic E-state index is 0.146. The summed E-state index contributed by atoms with van der Waals surface area (Å²) >= 11 is 1.52. The molecule has 8 heteroatoms. The van der Waals surface area contributed by atoms with Crippen molar-refractivity contribution in [2.24, 2.45) is 4.99 Å². The van der Waals surface area contributed by atoms with Gasteiger partial charge in [0.15, 0.2) is 0 Å². The van der Waals surface area contributed by atoms with Gasteiger partial charge in [-0.1, -0.05) is 31.4 Å². The van der Waals surface area contributed by atoms with Crippen molar-refractivity contribution in [3.63, 3.8) is 0 Å². The lowest BCUT2D eigenvalue weighted by atomic mass is 10.1. The first-order chi connectivity index (χ1) is 17.0. The predicted octanol–water partition coefficient (Wildman–Crippen LogP) is 4.05. The van der Waals surface area contributed by atoms with Crippen LogP contribution in [0.15, 0.2) is 64.9 Å². The van der Waals surface area contributed by atoms with Gasteiger partial charge in [0.25, 0.3) is 0 Å². The van der Waals surface area contributed by atoms with Crippen LogP contribution in [0, 0.1) is 11.3 Å². The molecule has 0 aromatic heterocycles. The summed E-state index contributed by atoms with van der Waals surface area (Å²) in [7, 11) is 1.96. The Balaban J connectivity index is 1.59. The van der Waals surface area contributed by atoms with Gasteiger partial charge in [0.1, 0.15) is 5.76 Å². The summed E-state index contributed by atoms with van der Waals surface area (Å²) in [5.41, 5.74) is 3.15. The molecule has 0 aliphatic carbocycles. The van der Waals surface area contributed by atoms with E-state index in [9.17, 15) is 10.1 Å². The van der Waals surface area contributed by atoms with Crippen LogP contribution in [0.5, 0.6) is 0 Å². The van der Waals surface area contributed by atoms with E-state index >= 15 is 0 Å². The molecule has 35 heavy (non-hydrogen) atoms. The molecule has 2 aliphatic heterocycles. The molecule has 3 rings (SSSR count). The zero-order chi connectivity index (χ0) is 25.0. The predicted molar refractivity (Wildman–Crippen MR) is 143 cm³/mol. The monoisotopic (exact) mass is 493 g/mol. The van der Waals surface area contributed by atoms with Gasteiger partial charge in [-0.25, -0.2) is 0 Å². The van der Waals surface area contributed by atoms with Gasteiger partial charge in [-0.05, 0) is 36.3 Å². The molecule has 7 nitrogen and oxygen atoms in total. The SMILES string of the molecule is C=C1OCC[C@@H]1NC(=O)/C(=C/SCC(=C)N(C)Cc1ccccc1C#N)C/N=C/N1CCCCC1. The summed E-state index contributed by atoms with van der Waals surface area (Å²) in [4.78, 5) is 21.8. The number of nitrogens with one attached hydrogen (secondary N) is 1. The topological polar surface area (TPSA) is 81.0 Å². The van der Waals surface area contributed by atoms with Crippen molar-refractivity contribution in [2.45, 2.75) is 38.3 Å². The molecular weight excluding hydrogens is 458 g/mol. The average Bonchev–Trinajstić information content (AvgIpc) is 3.27. The van der Waals surface area contributed by atoms with Crippen LogP contribution in [0.25, 0.3) is 0 Å². The van der Waals surface area contributed by atoms with Gasteiger partial charge in [0.2, 0.25) is 5.91 Å². The second kappa shape index (κ2) is 13.6. The molecule has 0 saturated carbocycles. The van der Waals surface area contributed by atoms with Gasteiger partial charge in [0, 0.05) is 50.1 Å². The smallest absolute Gasteiger partial charge is 0.250 e. The summed E-state index contributed by atoms with van der Waals surface area (Å²) in [5.74, 6) is 1.08. The van der Waals surface area contributed by atoms with E-state index in [0.29, 0.717) is 42.3 Å². The van der Waals surface area contributed by atoms with E-state index in [1.165, 1.54) is 31.0 Å². The van der Waals surface area contributed by atoms with Crippen molar-refractivity contribution >= 4 is 24.0 Å². The molecule has 1 aromatic carbocycles. The number of rotatable bonds is 11. The van der Waals surface area contributed by atoms with Crippen LogP contribution in [0.1, 0.15) is 36.8 Å². The third-order valence-electron chi connectivity index (χ3n) is 6.14. The molecule has 186 valence electrons. The molecule has 2 heterocycles. The fraction of sp³-hybridized carbons (Fsp3) is 0.444. The second-order valence-electron chi connectivity index (χ2n) is 8.83. The quantitative estimate of drug-likeness (QED) is 0.285. The highest BCUT2D eigenvalue weighted by atomic mass is 32.2. The number of carbonyl (C=O) groups excluding carboxylic acids is 1. The minimum Gasteiger partial charge on any atom is -0.496 e. The summed E-state index contributed by atoms with van der Waals surface area (Å²) in [6.45, 7) is 11.6. The molecule has 0 unspecified atom stereocenters. The van der Waals surface area contributed by atoms with Crippen LogP contribution >= 0.6 is 11.8 Å². The molecule has 1 amide bonds. The van der Waals surface area contributed by atoms with Crippen LogP contribution < -0.4 is 5.32 Å². The maximum atomic E-state index is 13.0. The molecule has 1 N–H and O–H groups in total. The fourth-order valence-corrected chi connectivity index (χ4v) is 4.79. The molecule has 1 aromatic rings. The number of amides is 1. The van der Waals surface area contributed by atoms with E-state index in [4.69, 9.17) is 4.74 Å². The Kier molecular flexibility index (Phi) is 10.3. The Morgan fingerprint density at radius 2 is 2.14 bits per heavy atom. The van der Waals surface area contributed by atoms with E-state index in [-0.39, 0.29) is 11.9 Å². The fourth-order valence-electron chi connectivity index (χ4n) is 3.91. The van der Waals surface area contributed by atoms with Crippen LogP contribution in [0.2, 0.25) is 0 Å². The van der Waals surface area contributed by atoms with E-state index in [2.05, 4.69) is 34.4 Å². The molecule has 0 spiro atoms. The Morgan fingerprint density at radius 3 is 2.86 bits per heavy atom. The highest BCUT2D eigenvalue weighted by Crippen LogP contribution is 2.19. The van der Waals surface area contributed by atoms with Crippen molar-refractivity contribution in [3.05, 3.63) is 71.0 Å². The van der Waals surface area contributed by atoms with Crippen molar-refractivity contribution in [1.29, 1.82) is 5.26 Å². The normalized spacial score (nSPS) is 18.3. The number of nitriles is 1. The van der Waals surface area contributed by atoms with Crippen molar-refractivity contribution in [1.82, 2.24) is 15.1 Å². The van der Waals surface area contributed by atoms with Gasteiger partial charge in [-0.15, -0.1) is 11.8 Å². The lowest BCUT2D eigenvalue weighted by Gasteiger charge is -2.24. The molecule has 2 aliphatic rings. The Morgan fingerprint density at radius 1 is 1.37 bits per heavy atom. The first-order valence-corrected chi connectivity index (χ1v) is 13.1. The minimum atomic E-state index is -0.164. The van der Waals surface area contributed by atoms with Crippen LogP contribution in [0.4, 0.5) is 0 Å². The number of hydrogen-bond acceptors (Lipinski definition) is 6. The first-order valence-electron chi connectivity index (χ1n) is 12.0. The molecule has 0 bridgehead atoms. The number of likely N-dealkylation sites (tertiary alicyclic amines) is 1.